The molecule has 0 fully saturated rings. The third-order valence-corrected chi connectivity index (χ3v) is 6.00. The van der Waals surface area contributed by atoms with Gasteiger partial charge in [0.05, 0.1) is 11.3 Å². The summed E-state index contributed by atoms with van der Waals surface area (Å²) in [6, 6.07) is 23.8. The Morgan fingerprint density at radius 2 is 1.67 bits per heavy atom. The molecule has 0 aromatic heterocycles. The van der Waals surface area contributed by atoms with E-state index in [0.717, 1.165) is 41.1 Å². The molecule has 0 aliphatic heterocycles. The lowest BCUT2D eigenvalue weighted by Crippen LogP contribution is -2.26. The van der Waals surface area contributed by atoms with Crippen LogP contribution in [-0.2, 0) is 6.61 Å². The van der Waals surface area contributed by atoms with Gasteiger partial charge in [-0.2, -0.15) is 0 Å². The Bertz CT molecular complexity index is 1020. The van der Waals surface area contributed by atoms with E-state index in [1.165, 1.54) is 12.8 Å². The number of rotatable bonds is 12. The SMILES string of the molecule is CCCC(CC)CCNC(=O)c1ccccc1Nc1ccc(OCc2ccccc2)cc1C. The van der Waals surface area contributed by atoms with Gasteiger partial charge in [0.15, 0.2) is 0 Å². The van der Waals surface area contributed by atoms with Gasteiger partial charge in [-0.25, -0.2) is 0 Å². The largest absolute Gasteiger partial charge is 0.489 e. The van der Waals surface area contributed by atoms with Gasteiger partial charge in [-0.3, -0.25) is 4.79 Å². The van der Waals surface area contributed by atoms with E-state index in [2.05, 4.69) is 36.6 Å². The monoisotopic (exact) mass is 444 g/mol. The van der Waals surface area contributed by atoms with Gasteiger partial charge in [-0.15, -0.1) is 0 Å². The molecular formula is C29H36N2O2. The van der Waals surface area contributed by atoms with E-state index in [4.69, 9.17) is 4.74 Å². The molecule has 0 aliphatic rings. The zero-order valence-electron chi connectivity index (χ0n) is 20.1. The van der Waals surface area contributed by atoms with Gasteiger partial charge in [0.2, 0.25) is 0 Å². The first kappa shape index (κ1) is 24.4. The number of nitrogens with one attached hydrogen (secondary N) is 2. The molecule has 3 aromatic carbocycles. The summed E-state index contributed by atoms with van der Waals surface area (Å²) in [5.41, 5.74) is 4.61. The fourth-order valence-electron chi connectivity index (χ4n) is 3.99. The molecule has 0 saturated carbocycles. The number of ether oxygens (including phenoxy) is 1. The Hall–Kier alpha value is -3.27. The summed E-state index contributed by atoms with van der Waals surface area (Å²) in [4.78, 5) is 12.9. The number of hydrogen-bond acceptors (Lipinski definition) is 3. The van der Waals surface area contributed by atoms with Gasteiger partial charge in [0.1, 0.15) is 12.4 Å². The quantitative estimate of drug-likeness (QED) is 0.309. The third kappa shape index (κ3) is 7.38. The number of hydrogen-bond donors (Lipinski definition) is 2. The fourth-order valence-corrected chi connectivity index (χ4v) is 3.99. The number of para-hydroxylation sites is 1. The van der Waals surface area contributed by atoms with E-state index in [1.54, 1.807) is 0 Å². The van der Waals surface area contributed by atoms with Crippen molar-refractivity contribution in [2.45, 2.75) is 53.1 Å². The van der Waals surface area contributed by atoms with E-state index in [0.29, 0.717) is 24.6 Å². The minimum absolute atomic E-state index is 0.0371. The second-order valence-electron chi connectivity index (χ2n) is 8.53. The molecule has 1 unspecified atom stereocenters. The zero-order chi connectivity index (χ0) is 23.5. The first-order chi connectivity index (χ1) is 16.1. The van der Waals surface area contributed by atoms with Crippen LogP contribution in [0, 0.1) is 12.8 Å². The van der Waals surface area contributed by atoms with Gasteiger partial charge in [-0.1, -0.05) is 75.6 Å². The summed E-state index contributed by atoms with van der Waals surface area (Å²) in [5, 5.41) is 6.54. The maximum Gasteiger partial charge on any atom is 0.253 e. The van der Waals surface area contributed by atoms with Gasteiger partial charge in [0.25, 0.3) is 5.91 Å². The Morgan fingerprint density at radius 1 is 0.909 bits per heavy atom. The highest BCUT2D eigenvalue weighted by molar-refractivity contribution is 6.00. The maximum absolute atomic E-state index is 12.9. The maximum atomic E-state index is 12.9. The standard InChI is InChI=1S/C29H36N2O2/c1-4-11-23(5-2)18-19-30-29(32)26-14-9-10-15-28(26)31-27-17-16-25(20-22(27)3)33-21-24-12-7-6-8-13-24/h6-10,12-17,20,23,31H,4-5,11,18-19,21H2,1-3H3,(H,30,32). The van der Waals surface area contributed by atoms with E-state index in [1.807, 2.05) is 67.6 Å². The van der Waals surface area contributed by atoms with E-state index in [-0.39, 0.29) is 5.91 Å². The van der Waals surface area contributed by atoms with Crippen LogP contribution in [0.5, 0.6) is 5.75 Å². The first-order valence-corrected chi connectivity index (χ1v) is 12.0. The average Bonchev–Trinajstić information content (AvgIpc) is 2.84. The second kappa shape index (κ2) is 12.7. The number of anilines is 2. The van der Waals surface area contributed by atoms with E-state index in [9.17, 15) is 4.79 Å². The zero-order valence-corrected chi connectivity index (χ0v) is 20.1. The fraction of sp³-hybridized carbons (Fsp3) is 0.345. The molecule has 33 heavy (non-hydrogen) atoms. The Morgan fingerprint density at radius 3 is 2.39 bits per heavy atom. The molecule has 0 saturated heterocycles. The molecule has 4 nitrogen and oxygen atoms in total. The minimum Gasteiger partial charge on any atom is -0.489 e. The molecule has 0 spiro atoms. The van der Waals surface area contributed by atoms with Crippen LogP contribution in [0.3, 0.4) is 0 Å². The number of carbonyl (C=O) groups excluding carboxylic acids is 1. The number of aryl methyl sites for hydroxylation is 1. The minimum atomic E-state index is -0.0371. The predicted molar refractivity (Wildman–Crippen MR) is 137 cm³/mol. The number of carbonyl (C=O) groups is 1. The molecule has 0 aliphatic carbocycles. The smallest absolute Gasteiger partial charge is 0.253 e. The molecule has 1 atom stereocenters. The molecule has 0 radical (unpaired) electrons. The Labute approximate surface area is 198 Å². The lowest BCUT2D eigenvalue weighted by atomic mass is 9.97. The van der Waals surface area contributed by atoms with Crippen molar-refractivity contribution in [3.63, 3.8) is 0 Å². The van der Waals surface area contributed by atoms with Crippen LogP contribution in [0.1, 0.15) is 61.0 Å². The summed E-state index contributed by atoms with van der Waals surface area (Å²) in [6.07, 6.45) is 4.59. The molecule has 2 N–H and O–H groups in total. The highest BCUT2D eigenvalue weighted by Gasteiger charge is 2.13. The topological polar surface area (TPSA) is 50.4 Å². The number of benzene rings is 3. The van der Waals surface area contributed by atoms with Crippen molar-refractivity contribution in [1.29, 1.82) is 0 Å². The third-order valence-electron chi connectivity index (χ3n) is 6.00. The van der Waals surface area contributed by atoms with Crippen LogP contribution in [-0.4, -0.2) is 12.5 Å². The summed E-state index contributed by atoms with van der Waals surface area (Å²) < 4.78 is 5.94. The van der Waals surface area contributed by atoms with Crippen molar-refractivity contribution >= 4 is 17.3 Å². The van der Waals surface area contributed by atoms with Crippen molar-refractivity contribution in [2.24, 2.45) is 5.92 Å². The molecule has 174 valence electrons. The van der Waals surface area contributed by atoms with Crippen LogP contribution in [0.4, 0.5) is 11.4 Å². The molecular weight excluding hydrogens is 408 g/mol. The van der Waals surface area contributed by atoms with Crippen LogP contribution in [0.15, 0.2) is 72.8 Å². The summed E-state index contributed by atoms with van der Waals surface area (Å²) in [7, 11) is 0. The average molecular weight is 445 g/mol. The van der Waals surface area contributed by atoms with Crippen LogP contribution < -0.4 is 15.4 Å². The van der Waals surface area contributed by atoms with E-state index < -0.39 is 0 Å². The van der Waals surface area contributed by atoms with Gasteiger partial charge >= 0.3 is 0 Å². The molecule has 3 rings (SSSR count). The predicted octanol–water partition coefficient (Wildman–Crippen LogP) is 7.26. The van der Waals surface area contributed by atoms with Crippen molar-refractivity contribution in [3.05, 3.63) is 89.5 Å². The lowest BCUT2D eigenvalue weighted by Gasteiger charge is -2.16. The molecule has 4 heteroatoms. The van der Waals surface area contributed by atoms with E-state index >= 15 is 0 Å². The molecule has 0 bridgehead atoms. The van der Waals surface area contributed by atoms with Crippen molar-refractivity contribution in [2.75, 3.05) is 11.9 Å². The Kier molecular flexibility index (Phi) is 9.37. The van der Waals surface area contributed by atoms with Gasteiger partial charge < -0.3 is 15.4 Å². The lowest BCUT2D eigenvalue weighted by molar-refractivity contribution is 0.0952. The summed E-state index contributed by atoms with van der Waals surface area (Å²) in [6.45, 7) is 7.72. The van der Waals surface area contributed by atoms with Gasteiger partial charge in [0, 0.05) is 12.2 Å². The van der Waals surface area contributed by atoms with Gasteiger partial charge in [-0.05, 0) is 60.7 Å². The summed E-state index contributed by atoms with van der Waals surface area (Å²) >= 11 is 0. The summed E-state index contributed by atoms with van der Waals surface area (Å²) in [5.74, 6) is 1.46. The first-order valence-electron chi connectivity index (χ1n) is 12.0. The van der Waals surface area contributed by atoms with Crippen LogP contribution >= 0.6 is 0 Å². The Balaban J connectivity index is 1.62. The van der Waals surface area contributed by atoms with Crippen molar-refractivity contribution in [1.82, 2.24) is 5.32 Å². The molecule has 1 amide bonds. The molecule has 0 heterocycles. The second-order valence-corrected chi connectivity index (χ2v) is 8.53. The van der Waals surface area contributed by atoms with Crippen LogP contribution in [0.2, 0.25) is 0 Å². The normalized spacial score (nSPS) is 11.6. The van der Waals surface area contributed by atoms with Crippen LogP contribution in [0.25, 0.3) is 0 Å². The number of amides is 1. The highest BCUT2D eigenvalue weighted by Crippen LogP contribution is 2.27. The van der Waals surface area contributed by atoms with Crippen molar-refractivity contribution < 1.29 is 9.53 Å². The highest BCUT2D eigenvalue weighted by atomic mass is 16.5. The van der Waals surface area contributed by atoms with Crippen molar-refractivity contribution in [3.8, 4) is 5.75 Å². The molecule has 3 aromatic rings.